The van der Waals surface area contributed by atoms with Crippen LogP contribution < -0.4 is 0 Å². The van der Waals surface area contributed by atoms with Gasteiger partial charge in [0.15, 0.2) is 5.79 Å². The molecule has 0 radical (unpaired) electrons. The first-order valence-electron chi connectivity index (χ1n) is 10.2. The van der Waals surface area contributed by atoms with Crippen molar-refractivity contribution in [2.75, 3.05) is 13.2 Å². The van der Waals surface area contributed by atoms with Crippen LogP contribution in [0.25, 0.3) is 0 Å². The summed E-state index contributed by atoms with van der Waals surface area (Å²) < 4.78 is 40.9. The Morgan fingerprint density at radius 2 is 1.88 bits per heavy atom. The summed E-state index contributed by atoms with van der Waals surface area (Å²) in [6.45, 7) is 3.21. The number of ether oxygens (including phenoxy) is 2. The molecule has 4 fully saturated rings. The van der Waals surface area contributed by atoms with Crippen molar-refractivity contribution < 1.29 is 23.0 Å². The van der Waals surface area contributed by atoms with Crippen molar-refractivity contribution in [3.63, 3.8) is 0 Å². The molecule has 0 bridgehead atoms. The van der Waals surface area contributed by atoms with Crippen LogP contribution in [-0.2, 0) is 14.3 Å². The first-order valence-corrected chi connectivity index (χ1v) is 10.2. The van der Waals surface area contributed by atoms with Gasteiger partial charge in [-0.05, 0) is 49.9 Å². The van der Waals surface area contributed by atoms with Crippen LogP contribution in [0.2, 0.25) is 0 Å². The molecule has 1 heterocycles. The smallest absolute Gasteiger partial charge is 0.248 e. The molecular weight excluding hydrogens is 338 g/mol. The predicted molar refractivity (Wildman–Crippen MR) is 91.7 cm³/mol. The van der Waals surface area contributed by atoms with E-state index in [4.69, 9.17) is 9.47 Å². The number of ketones is 1. The van der Waals surface area contributed by atoms with E-state index in [2.05, 4.69) is 13.0 Å². The molecule has 144 valence electrons. The number of carbonyl (C=O) groups excluding carboxylic acids is 1. The zero-order valence-electron chi connectivity index (χ0n) is 15.4. The van der Waals surface area contributed by atoms with E-state index in [0.717, 1.165) is 31.3 Å². The van der Waals surface area contributed by atoms with Gasteiger partial charge in [-0.1, -0.05) is 18.6 Å². The van der Waals surface area contributed by atoms with E-state index in [1.54, 1.807) is 0 Å². The lowest BCUT2D eigenvalue weighted by Gasteiger charge is -2.58. The Bertz CT molecular complexity index is 654. The number of halogens is 2. The third kappa shape index (κ3) is 2.07. The van der Waals surface area contributed by atoms with Gasteiger partial charge in [0.2, 0.25) is 6.43 Å². The van der Waals surface area contributed by atoms with Gasteiger partial charge in [-0.3, -0.25) is 4.79 Å². The van der Waals surface area contributed by atoms with Gasteiger partial charge in [0.25, 0.3) is 0 Å². The summed E-state index contributed by atoms with van der Waals surface area (Å²) >= 11 is 0. The lowest BCUT2D eigenvalue weighted by Crippen LogP contribution is -2.56. The lowest BCUT2D eigenvalue weighted by atomic mass is 9.47. The second-order valence-corrected chi connectivity index (χ2v) is 9.39. The largest absolute Gasteiger partial charge is 0.347 e. The number of hydrogen-bond donors (Lipinski definition) is 0. The molecule has 0 aromatic heterocycles. The van der Waals surface area contributed by atoms with Crippen LogP contribution in [0.1, 0.15) is 58.3 Å². The van der Waals surface area contributed by atoms with Gasteiger partial charge in [0.1, 0.15) is 5.78 Å². The first-order chi connectivity index (χ1) is 12.4. The topological polar surface area (TPSA) is 35.5 Å². The van der Waals surface area contributed by atoms with E-state index in [1.807, 2.05) is 0 Å². The second kappa shape index (κ2) is 5.60. The predicted octanol–water partition coefficient (Wildman–Crippen LogP) is 4.51. The normalized spacial score (nSPS) is 46.8. The molecule has 5 aliphatic rings. The maximum atomic E-state index is 14.6. The maximum Gasteiger partial charge on any atom is 0.248 e. The van der Waals surface area contributed by atoms with Gasteiger partial charge < -0.3 is 9.47 Å². The molecule has 5 rings (SSSR count). The molecule has 1 saturated heterocycles. The number of alkyl halides is 2. The third-order valence-electron chi connectivity index (χ3n) is 8.62. The van der Waals surface area contributed by atoms with Gasteiger partial charge in [0.05, 0.1) is 18.6 Å². The molecule has 3 saturated carbocycles. The molecule has 5 heteroatoms. The van der Waals surface area contributed by atoms with Crippen LogP contribution in [-0.4, -0.2) is 31.2 Å². The fraction of sp³-hybridized carbons (Fsp3) is 0.857. The molecule has 0 aromatic carbocycles. The highest BCUT2D eigenvalue weighted by Gasteiger charge is 2.64. The average molecular weight is 366 g/mol. The van der Waals surface area contributed by atoms with E-state index in [-0.39, 0.29) is 23.2 Å². The van der Waals surface area contributed by atoms with Crippen molar-refractivity contribution in [1.82, 2.24) is 0 Å². The molecule has 1 aliphatic heterocycles. The molecule has 26 heavy (non-hydrogen) atoms. The van der Waals surface area contributed by atoms with Gasteiger partial charge in [-0.25, -0.2) is 8.78 Å². The monoisotopic (exact) mass is 366 g/mol. The fourth-order valence-electron chi connectivity index (χ4n) is 7.25. The van der Waals surface area contributed by atoms with Crippen molar-refractivity contribution >= 4 is 5.78 Å². The quantitative estimate of drug-likeness (QED) is 0.641. The third-order valence-corrected chi connectivity index (χ3v) is 8.62. The minimum atomic E-state index is -2.36. The van der Waals surface area contributed by atoms with Crippen molar-refractivity contribution in [1.29, 1.82) is 0 Å². The number of hydrogen-bond acceptors (Lipinski definition) is 3. The van der Waals surface area contributed by atoms with E-state index in [9.17, 15) is 13.6 Å². The first kappa shape index (κ1) is 17.3. The molecular formula is C21H28F2O3. The summed E-state index contributed by atoms with van der Waals surface area (Å²) in [6.07, 6.45) is 5.07. The summed E-state index contributed by atoms with van der Waals surface area (Å²) in [5.41, 5.74) is -0.436. The average Bonchev–Trinajstić information content (AvgIpc) is 3.19. The highest BCUT2D eigenvalue weighted by Crippen LogP contribution is 2.66. The Kier molecular flexibility index (Phi) is 3.73. The van der Waals surface area contributed by atoms with Crippen LogP contribution in [0, 0.1) is 28.6 Å². The molecule has 4 aliphatic carbocycles. The van der Waals surface area contributed by atoms with Crippen molar-refractivity contribution in [3.8, 4) is 0 Å². The standard InChI is InChI=1S/C21H28F2O3/c1-19-7-6-16-14(15(19)4-5-17(19)24)3-2-13-12-20(25-10-11-26-20)8-9-21(13,16)18(22)23/h2,14-16,18H,3-12H2,1H3/t14-,15-,16-,19-,21+/m0/s1. The second-order valence-electron chi connectivity index (χ2n) is 9.39. The minimum absolute atomic E-state index is 0.00905. The van der Waals surface area contributed by atoms with E-state index < -0.39 is 17.6 Å². The Labute approximate surface area is 153 Å². The Morgan fingerprint density at radius 3 is 2.62 bits per heavy atom. The fourth-order valence-corrected chi connectivity index (χ4v) is 7.25. The lowest BCUT2D eigenvalue weighted by molar-refractivity contribution is -0.201. The van der Waals surface area contributed by atoms with E-state index in [0.29, 0.717) is 44.7 Å². The Hall–Kier alpha value is -0.810. The van der Waals surface area contributed by atoms with Gasteiger partial charge in [-0.15, -0.1) is 0 Å². The Morgan fingerprint density at radius 1 is 1.12 bits per heavy atom. The van der Waals surface area contributed by atoms with Gasteiger partial charge in [-0.2, -0.15) is 0 Å². The molecule has 0 amide bonds. The summed E-state index contributed by atoms with van der Waals surface area (Å²) in [6, 6.07) is 0. The van der Waals surface area contributed by atoms with Gasteiger partial charge >= 0.3 is 0 Å². The number of rotatable bonds is 1. The Balaban J connectivity index is 1.53. The number of allylic oxidation sites excluding steroid dienone is 1. The molecule has 5 atom stereocenters. The zero-order chi connectivity index (χ0) is 18.2. The van der Waals surface area contributed by atoms with E-state index in [1.165, 1.54) is 0 Å². The van der Waals surface area contributed by atoms with Crippen LogP contribution in [0.15, 0.2) is 11.6 Å². The zero-order valence-corrected chi connectivity index (χ0v) is 15.4. The molecule has 3 nitrogen and oxygen atoms in total. The van der Waals surface area contributed by atoms with E-state index >= 15 is 0 Å². The number of fused-ring (bicyclic) bond motifs is 5. The van der Waals surface area contributed by atoms with Crippen LogP contribution in [0.5, 0.6) is 0 Å². The summed E-state index contributed by atoms with van der Waals surface area (Å²) in [4.78, 5) is 12.5. The SMILES string of the molecule is C[C@]12CC[C@H]3[C@@H](CC=C4CC5(CC[C@@]43C(F)F)OCCO5)[C@@H]1CCC2=O. The molecule has 1 spiro atoms. The van der Waals surface area contributed by atoms with Gasteiger partial charge in [0, 0.05) is 24.7 Å². The van der Waals surface area contributed by atoms with Crippen molar-refractivity contribution in [2.24, 2.45) is 28.6 Å². The van der Waals surface area contributed by atoms with Crippen molar-refractivity contribution in [3.05, 3.63) is 11.6 Å². The highest BCUT2D eigenvalue weighted by molar-refractivity contribution is 5.87. The maximum absolute atomic E-state index is 14.6. The number of carbonyl (C=O) groups is 1. The summed E-state index contributed by atoms with van der Waals surface area (Å²) in [5.74, 6) is 0.181. The molecule has 0 unspecified atom stereocenters. The van der Waals surface area contributed by atoms with Crippen LogP contribution >= 0.6 is 0 Å². The summed E-state index contributed by atoms with van der Waals surface area (Å²) in [7, 11) is 0. The molecule has 0 N–H and O–H groups in total. The van der Waals surface area contributed by atoms with Crippen LogP contribution in [0.4, 0.5) is 8.78 Å². The van der Waals surface area contributed by atoms with Crippen molar-refractivity contribution in [2.45, 2.75) is 70.5 Å². The molecule has 0 aromatic rings. The summed E-state index contributed by atoms with van der Waals surface area (Å²) in [5, 5.41) is 0. The van der Waals surface area contributed by atoms with Crippen LogP contribution in [0.3, 0.4) is 0 Å². The number of Topliss-reactive ketones (excluding diaryl/α,β-unsaturated/α-hetero) is 1. The minimum Gasteiger partial charge on any atom is -0.347 e. The highest BCUT2D eigenvalue weighted by atomic mass is 19.3.